The van der Waals surface area contributed by atoms with Crippen molar-refractivity contribution < 1.29 is 17.9 Å². The highest BCUT2D eigenvalue weighted by atomic mass is 32.2. The number of hydrogen-bond acceptors (Lipinski definition) is 7. The van der Waals surface area contributed by atoms with Gasteiger partial charge >= 0.3 is 0 Å². The van der Waals surface area contributed by atoms with Crippen LogP contribution in [0.3, 0.4) is 0 Å². The smallest absolute Gasteiger partial charge is 0.185 e. The largest absolute Gasteiger partial charge is 0.493 e. The second kappa shape index (κ2) is 9.50. The minimum Gasteiger partial charge on any atom is -0.493 e. The number of hydrogen-bond donors (Lipinski definition) is 0. The Kier molecular flexibility index (Phi) is 6.71. The highest BCUT2D eigenvalue weighted by Crippen LogP contribution is 2.31. The highest BCUT2D eigenvalue weighted by Gasteiger charge is 2.32. The lowest BCUT2D eigenvalue weighted by atomic mass is 10.1. The second-order valence-corrected chi connectivity index (χ2v) is 11.1. The average molecular weight is 473 g/mol. The van der Waals surface area contributed by atoms with Crippen molar-refractivity contribution in [2.45, 2.75) is 36.3 Å². The Labute approximate surface area is 193 Å². The number of benzene rings is 2. The van der Waals surface area contributed by atoms with Gasteiger partial charge < -0.3 is 14.4 Å². The molecule has 8 heteroatoms. The number of aromatic nitrogens is 1. The van der Waals surface area contributed by atoms with Gasteiger partial charge in [-0.15, -0.1) is 11.3 Å². The first-order valence-corrected chi connectivity index (χ1v) is 13.0. The number of nitrogens with zero attached hydrogens (tertiary/aromatic N) is 2. The Bertz CT molecular complexity index is 1160. The zero-order valence-corrected chi connectivity index (χ0v) is 20.2. The summed E-state index contributed by atoms with van der Waals surface area (Å²) in [5.41, 5.74) is 3.15. The van der Waals surface area contributed by atoms with Crippen LogP contribution < -0.4 is 14.4 Å². The van der Waals surface area contributed by atoms with Crippen LogP contribution in [0.1, 0.15) is 29.7 Å². The maximum Gasteiger partial charge on any atom is 0.185 e. The van der Waals surface area contributed by atoms with E-state index in [9.17, 15) is 8.42 Å². The van der Waals surface area contributed by atoms with Gasteiger partial charge in [0.25, 0.3) is 0 Å². The van der Waals surface area contributed by atoms with Crippen LogP contribution >= 0.6 is 11.3 Å². The monoisotopic (exact) mass is 472 g/mol. The molecule has 0 unspecified atom stereocenters. The standard InChI is InChI=1S/C24H28N2O4S2/c1-17-4-7-20(8-5-17)32(27,28)21-10-12-26(13-11-21)24-25-19(16-31-24)14-18-6-9-22(29-2)23(15-18)30-3/h4-9,15-16,21H,10-14H2,1-3H3. The van der Waals surface area contributed by atoms with Crippen molar-refractivity contribution in [3.05, 3.63) is 64.7 Å². The molecule has 0 amide bonds. The summed E-state index contributed by atoms with van der Waals surface area (Å²) in [6.07, 6.45) is 1.93. The van der Waals surface area contributed by atoms with Crippen molar-refractivity contribution in [1.82, 2.24) is 4.98 Å². The zero-order valence-electron chi connectivity index (χ0n) is 18.6. The van der Waals surface area contributed by atoms with Gasteiger partial charge in [0.05, 0.1) is 30.1 Å². The summed E-state index contributed by atoms with van der Waals surface area (Å²) in [5, 5.41) is 2.68. The summed E-state index contributed by atoms with van der Waals surface area (Å²) < 4.78 is 36.7. The fourth-order valence-corrected chi connectivity index (χ4v) is 6.61. The molecule has 0 spiro atoms. The maximum absolute atomic E-state index is 13.0. The van der Waals surface area contributed by atoms with Gasteiger partial charge in [-0.1, -0.05) is 23.8 Å². The predicted molar refractivity (Wildman–Crippen MR) is 128 cm³/mol. The van der Waals surface area contributed by atoms with E-state index in [-0.39, 0.29) is 5.25 Å². The first-order chi connectivity index (χ1) is 15.4. The molecule has 0 radical (unpaired) electrons. The maximum atomic E-state index is 13.0. The van der Waals surface area contributed by atoms with Crippen molar-refractivity contribution >= 4 is 26.3 Å². The van der Waals surface area contributed by atoms with Gasteiger partial charge in [0.15, 0.2) is 26.5 Å². The van der Waals surface area contributed by atoms with Crippen LogP contribution in [0.4, 0.5) is 5.13 Å². The third kappa shape index (κ3) is 4.76. The van der Waals surface area contributed by atoms with E-state index in [1.807, 2.05) is 37.3 Å². The predicted octanol–water partition coefficient (Wildman–Crippen LogP) is 4.50. The van der Waals surface area contributed by atoms with Gasteiger partial charge in [-0.25, -0.2) is 13.4 Å². The van der Waals surface area contributed by atoms with E-state index in [0.717, 1.165) is 22.0 Å². The van der Waals surface area contributed by atoms with Gasteiger partial charge in [0.1, 0.15) is 0 Å². The average Bonchev–Trinajstić information content (AvgIpc) is 3.28. The Hall–Kier alpha value is -2.58. The molecule has 4 rings (SSSR count). The van der Waals surface area contributed by atoms with Crippen molar-refractivity contribution in [3.8, 4) is 11.5 Å². The fourth-order valence-electron chi connectivity index (χ4n) is 4.00. The van der Waals surface area contributed by atoms with Crippen LogP contribution in [0.5, 0.6) is 11.5 Å². The fraction of sp³-hybridized carbons (Fsp3) is 0.375. The third-order valence-electron chi connectivity index (χ3n) is 5.87. The number of rotatable bonds is 7. The lowest BCUT2D eigenvalue weighted by Crippen LogP contribution is -2.39. The molecule has 6 nitrogen and oxygen atoms in total. The van der Waals surface area contributed by atoms with Crippen LogP contribution in [-0.2, 0) is 16.3 Å². The lowest BCUT2D eigenvalue weighted by molar-refractivity contribution is 0.354. The van der Waals surface area contributed by atoms with Crippen LogP contribution in [0.15, 0.2) is 52.7 Å². The van der Waals surface area contributed by atoms with E-state index >= 15 is 0 Å². The Morgan fingerprint density at radius 1 is 1.03 bits per heavy atom. The Balaban J connectivity index is 1.39. The van der Waals surface area contributed by atoms with E-state index in [1.165, 1.54) is 0 Å². The van der Waals surface area contributed by atoms with E-state index in [2.05, 4.69) is 10.3 Å². The summed E-state index contributed by atoms with van der Waals surface area (Å²) in [7, 11) is -0.0435. The summed E-state index contributed by atoms with van der Waals surface area (Å²) in [4.78, 5) is 7.43. The number of aryl methyl sites for hydroxylation is 1. The van der Waals surface area contributed by atoms with Gasteiger partial charge in [-0.3, -0.25) is 0 Å². The molecule has 2 heterocycles. The van der Waals surface area contributed by atoms with Crippen LogP contribution in [-0.4, -0.2) is 46.0 Å². The minimum atomic E-state index is -3.30. The molecule has 1 aliphatic heterocycles. The van der Waals surface area contributed by atoms with Crippen LogP contribution in [0, 0.1) is 6.92 Å². The molecule has 0 saturated carbocycles. The van der Waals surface area contributed by atoms with Gasteiger partial charge in [-0.05, 0) is 49.6 Å². The Morgan fingerprint density at radius 2 is 1.72 bits per heavy atom. The van der Waals surface area contributed by atoms with Gasteiger partial charge in [0.2, 0.25) is 0 Å². The molecular weight excluding hydrogens is 444 g/mol. The normalized spacial score (nSPS) is 15.0. The molecule has 0 bridgehead atoms. The summed E-state index contributed by atoms with van der Waals surface area (Å²) in [6, 6.07) is 13.0. The van der Waals surface area contributed by atoms with Crippen molar-refractivity contribution in [1.29, 1.82) is 0 Å². The zero-order chi connectivity index (χ0) is 22.7. The molecule has 2 aromatic carbocycles. The lowest BCUT2D eigenvalue weighted by Gasteiger charge is -2.31. The third-order valence-corrected chi connectivity index (χ3v) is 9.10. The van der Waals surface area contributed by atoms with Gasteiger partial charge in [-0.2, -0.15) is 0 Å². The number of thiazole rings is 1. The first-order valence-electron chi connectivity index (χ1n) is 10.6. The van der Waals surface area contributed by atoms with Crippen molar-refractivity contribution in [2.24, 2.45) is 0 Å². The van der Waals surface area contributed by atoms with Crippen LogP contribution in [0.2, 0.25) is 0 Å². The molecular formula is C24H28N2O4S2. The molecule has 1 fully saturated rings. The second-order valence-electron chi connectivity index (χ2n) is 8.03. The van der Waals surface area contributed by atoms with Gasteiger partial charge in [0, 0.05) is 24.9 Å². The molecule has 0 N–H and O–H groups in total. The molecule has 3 aromatic rings. The quantitative estimate of drug-likeness (QED) is 0.504. The molecule has 1 aliphatic rings. The summed E-state index contributed by atoms with van der Waals surface area (Å²) in [6.45, 7) is 3.35. The van der Waals surface area contributed by atoms with E-state index in [4.69, 9.17) is 14.5 Å². The molecule has 0 atom stereocenters. The SMILES string of the molecule is COc1ccc(Cc2csc(N3CCC(S(=O)(=O)c4ccc(C)cc4)CC3)n2)cc1OC. The van der Waals surface area contributed by atoms with Crippen molar-refractivity contribution in [3.63, 3.8) is 0 Å². The number of sulfone groups is 1. The minimum absolute atomic E-state index is 0.340. The highest BCUT2D eigenvalue weighted by molar-refractivity contribution is 7.92. The number of ether oxygens (including phenoxy) is 2. The molecule has 1 aromatic heterocycles. The number of piperidine rings is 1. The van der Waals surface area contributed by atoms with E-state index < -0.39 is 9.84 Å². The van der Waals surface area contributed by atoms with E-state index in [1.54, 1.807) is 37.7 Å². The number of methoxy groups -OCH3 is 2. The summed E-state index contributed by atoms with van der Waals surface area (Å²) in [5.74, 6) is 1.41. The van der Waals surface area contributed by atoms with E-state index in [0.29, 0.717) is 48.7 Å². The molecule has 170 valence electrons. The van der Waals surface area contributed by atoms with Crippen molar-refractivity contribution in [2.75, 3.05) is 32.2 Å². The topological polar surface area (TPSA) is 68.7 Å². The molecule has 32 heavy (non-hydrogen) atoms. The molecule has 0 aliphatic carbocycles. The first kappa shape index (κ1) is 22.6. The molecule has 1 saturated heterocycles. The number of anilines is 1. The Morgan fingerprint density at radius 3 is 2.38 bits per heavy atom. The van der Waals surface area contributed by atoms with Crippen LogP contribution in [0.25, 0.3) is 0 Å². The summed E-state index contributed by atoms with van der Waals surface area (Å²) >= 11 is 1.61.